The Kier molecular flexibility index (Phi) is 6.46. The molecular weight excluding hydrogens is 442 g/mol. The first-order chi connectivity index (χ1) is 12.5. The summed E-state index contributed by atoms with van der Waals surface area (Å²) >= 11 is 3.32. The van der Waals surface area contributed by atoms with Crippen LogP contribution in [-0.4, -0.2) is 47.9 Å². The SMILES string of the molecule is COc1cc(Nc2ncc(Br)c(N[C@H](C)[C@@H](C)O)n2)cc(O)c1S(N)(=O)=O. The van der Waals surface area contributed by atoms with E-state index in [0.29, 0.717) is 10.3 Å². The van der Waals surface area contributed by atoms with Gasteiger partial charge in [0.05, 0.1) is 23.7 Å². The predicted molar refractivity (Wildman–Crippen MR) is 104 cm³/mol. The van der Waals surface area contributed by atoms with Crippen molar-refractivity contribution in [2.24, 2.45) is 5.14 Å². The highest BCUT2D eigenvalue weighted by molar-refractivity contribution is 9.10. The molecule has 12 heteroatoms. The highest BCUT2D eigenvalue weighted by atomic mass is 79.9. The van der Waals surface area contributed by atoms with Gasteiger partial charge in [-0.15, -0.1) is 0 Å². The molecule has 0 saturated carbocycles. The van der Waals surface area contributed by atoms with Crippen LogP contribution in [0.2, 0.25) is 0 Å². The Hall–Kier alpha value is -2.15. The van der Waals surface area contributed by atoms with Crippen molar-refractivity contribution in [3.8, 4) is 11.5 Å². The molecular formula is C15H20BrN5O5S. The summed E-state index contributed by atoms with van der Waals surface area (Å²) in [5, 5.41) is 30.6. The third-order valence-electron chi connectivity index (χ3n) is 3.63. The van der Waals surface area contributed by atoms with Crippen LogP contribution in [0.4, 0.5) is 17.5 Å². The molecule has 27 heavy (non-hydrogen) atoms. The number of halogens is 1. The standard InChI is InChI=1S/C15H20BrN5O5S/c1-7(8(2)22)19-14-10(16)6-18-15(21-14)20-9-4-11(23)13(27(17,24)25)12(5-9)26-3/h4-8,22-23H,1-3H3,(H2,17,24,25)(H2,18,19,20,21)/t7-,8-/m1/s1. The summed E-state index contributed by atoms with van der Waals surface area (Å²) in [6.07, 6.45) is 0.901. The largest absolute Gasteiger partial charge is 0.506 e. The summed E-state index contributed by atoms with van der Waals surface area (Å²) in [6.45, 7) is 3.44. The molecule has 0 aliphatic carbocycles. The minimum absolute atomic E-state index is 0.127. The first-order valence-electron chi connectivity index (χ1n) is 7.71. The number of nitrogens with one attached hydrogen (secondary N) is 2. The van der Waals surface area contributed by atoms with Crippen molar-refractivity contribution < 1.29 is 23.4 Å². The minimum Gasteiger partial charge on any atom is -0.506 e. The Balaban J connectivity index is 2.36. The van der Waals surface area contributed by atoms with Gasteiger partial charge in [-0.2, -0.15) is 4.98 Å². The Labute approximate surface area is 165 Å². The number of rotatable bonds is 7. The number of benzene rings is 1. The van der Waals surface area contributed by atoms with Crippen LogP contribution in [0.3, 0.4) is 0 Å². The number of aromatic nitrogens is 2. The molecule has 0 unspecified atom stereocenters. The number of anilines is 3. The molecule has 0 aliphatic rings. The van der Waals surface area contributed by atoms with Crippen molar-refractivity contribution in [2.75, 3.05) is 17.7 Å². The van der Waals surface area contributed by atoms with Crippen LogP contribution in [-0.2, 0) is 10.0 Å². The molecule has 6 N–H and O–H groups in total. The number of phenolic OH excluding ortho intramolecular Hbond substituents is 1. The number of phenols is 1. The van der Waals surface area contributed by atoms with Gasteiger partial charge >= 0.3 is 0 Å². The average molecular weight is 462 g/mol. The van der Waals surface area contributed by atoms with Gasteiger partial charge in [-0.05, 0) is 29.8 Å². The number of aromatic hydroxyl groups is 1. The lowest BCUT2D eigenvalue weighted by atomic mass is 10.2. The molecule has 0 fully saturated rings. The monoisotopic (exact) mass is 461 g/mol. The van der Waals surface area contributed by atoms with Crippen molar-refractivity contribution in [3.63, 3.8) is 0 Å². The highest BCUT2D eigenvalue weighted by Gasteiger charge is 2.22. The fourth-order valence-electron chi connectivity index (χ4n) is 2.09. The Bertz CT molecular complexity index is 938. The van der Waals surface area contributed by atoms with Gasteiger partial charge in [0.15, 0.2) is 4.90 Å². The van der Waals surface area contributed by atoms with E-state index >= 15 is 0 Å². The molecule has 0 saturated heterocycles. The van der Waals surface area contributed by atoms with Crippen molar-refractivity contribution in [1.29, 1.82) is 0 Å². The number of sulfonamides is 1. The molecule has 0 aliphatic heterocycles. The maximum atomic E-state index is 11.6. The maximum Gasteiger partial charge on any atom is 0.245 e. The van der Waals surface area contributed by atoms with E-state index in [0.717, 1.165) is 0 Å². The maximum absolute atomic E-state index is 11.6. The van der Waals surface area contributed by atoms with E-state index in [1.165, 1.54) is 25.4 Å². The Morgan fingerprint density at radius 2 is 2.00 bits per heavy atom. The molecule has 2 aromatic rings. The molecule has 1 heterocycles. The quantitative estimate of drug-likeness (QED) is 0.411. The summed E-state index contributed by atoms with van der Waals surface area (Å²) < 4.78 is 28.8. The second kappa shape index (κ2) is 8.25. The molecule has 10 nitrogen and oxygen atoms in total. The van der Waals surface area contributed by atoms with Crippen LogP contribution >= 0.6 is 15.9 Å². The number of ether oxygens (including phenoxy) is 1. The zero-order valence-electron chi connectivity index (χ0n) is 14.8. The average Bonchev–Trinajstić information content (AvgIpc) is 2.55. The Morgan fingerprint density at radius 1 is 1.33 bits per heavy atom. The normalized spacial score (nSPS) is 13.7. The van der Waals surface area contributed by atoms with Crippen LogP contribution < -0.4 is 20.5 Å². The van der Waals surface area contributed by atoms with Gasteiger partial charge in [-0.1, -0.05) is 0 Å². The van der Waals surface area contributed by atoms with Gasteiger partial charge in [-0.3, -0.25) is 0 Å². The Morgan fingerprint density at radius 3 is 2.56 bits per heavy atom. The summed E-state index contributed by atoms with van der Waals surface area (Å²) in [5.41, 5.74) is 0.286. The molecule has 148 valence electrons. The molecule has 0 radical (unpaired) electrons. The van der Waals surface area contributed by atoms with Crippen molar-refractivity contribution in [2.45, 2.75) is 30.9 Å². The number of hydrogen-bond acceptors (Lipinski definition) is 9. The highest BCUT2D eigenvalue weighted by Crippen LogP contribution is 2.36. The van der Waals surface area contributed by atoms with E-state index in [2.05, 4.69) is 36.5 Å². The number of methoxy groups -OCH3 is 1. The molecule has 2 rings (SSSR count). The van der Waals surface area contributed by atoms with Crippen LogP contribution in [0.5, 0.6) is 11.5 Å². The molecule has 2 atom stereocenters. The summed E-state index contributed by atoms with van der Waals surface area (Å²) in [6, 6.07) is 2.25. The number of aliphatic hydroxyl groups is 1. The predicted octanol–water partition coefficient (Wildman–Crippen LogP) is 1.53. The second-order valence-corrected chi connectivity index (χ2v) is 8.11. The molecule has 0 spiro atoms. The number of aliphatic hydroxyl groups excluding tert-OH is 1. The van der Waals surface area contributed by atoms with E-state index in [4.69, 9.17) is 9.88 Å². The van der Waals surface area contributed by atoms with Gasteiger partial charge in [0.2, 0.25) is 16.0 Å². The molecule has 0 amide bonds. The van der Waals surface area contributed by atoms with Crippen LogP contribution in [0, 0.1) is 0 Å². The number of nitrogens with two attached hydrogens (primary N) is 1. The molecule has 0 bridgehead atoms. The lowest BCUT2D eigenvalue weighted by molar-refractivity contribution is 0.177. The topological polar surface area (TPSA) is 160 Å². The molecule has 1 aromatic heterocycles. The fraction of sp³-hybridized carbons (Fsp3) is 0.333. The zero-order chi connectivity index (χ0) is 20.4. The van der Waals surface area contributed by atoms with Gasteiger partial charge in [0, 0.05) is 24.0 Å². The lowest BCUT2D eigenvalue weighted by Crippen LogP contribution is -2.28. The van der Waals surface area contributed by atoms with Gasteiger partial charge in [-0.25, -0.2) is 18.5 Å². The molecule has 1 aromatic carbocycles. The van der Waals surface area contributed by atoms with Crippen LogP contribution in [0.25, 0.3) is 0 Å². The van der Waals surface area contributed by atoms with Gasteiger partial charge in [0.25, 0.3) is 0 Å². The van der Waals surface area contributed by atoms with E-state index in [1.54, 1.807) is 13.8 Å². The first kappa shape index (κ1) is 21.2. The fourth-order valence-corrected chi connectivity index (χ4v) is 3.17. The third kappa shape index (κ3) is 5.19. The van der Waals surface area contributed by atoms with Crippen LogP contribution in [0.1, 0.15) is 13.8 Å². The summed E-state index contributed by atoms with van der Waals surface area (Å²) in [5.74, 6) is -0.0859. The second-order valence-electron chi connectivity index (χ2n) is 5.76. The van der Waals surface area contributed by atoms with E-state index < -0.39 is 26.8 Å². The van der Waals surface area contributed by atoms with Gasteiger partial charge < -0.3 is 25.6 Å². The minimum atomic E-state index is -4.17. The number of primary sulfonamides is 1. The zero-order valence-corrected chi connectivity index (χ0v) is 17.2. The van der Waals surface area contributed by atoms with E-state index in [9.17, 15) is 18.6 Å². The van der Waals surface area contributed by atoms with Crippen LogP contribution in [0.15, 0.2) is 27.7 Å². The number of hydrogen-bond donors (Lipinski definition) is 5. The van der Waals surface area contributed by atoms with Crippen molar-refractivity contribution in [1.82, 2.24) is 9.97 Å². The first-order valence-corrected chi connectivity index (χ1v) is 10.0. The number of nitrogens with zero attached hydrogens (tertiary/aromatic N) is 2. The van der Waals surface area contributed by atoms with Crippen molar-refractivity contribution >= 4 is 43.4 Å². The third-order valence-corrected chi connectivity index (χ3v) is 5.19. The summed E-state index contributed by atoms with van der Waals surface area (Å²) in [7, 11) is -2.92. The lowest BCUT2D eigenvalue weighted by Gasteiger charge is -2.18. The summed E-state index contributed by atoms with van der Waals surface area (Å²) in [4.78, 5) is 7.88. The van der Waals surface area contributed by atoms with E-state index in [-0.39, 0.29) is 23.4 Å². The smallest absolute Gasteiger partial charge is 0.245 e. The van der Waals surface area contributed by atoms with Gasteiger partial charge in [0.1, 0.15) is 17.3 Å². The van der Waals surface area contributed by atoms with Crippen molar-refractivity contribution in [3.05, 3.63) is 22.8 Å². The van der Waals surface area contributed by atoms with E-state index in [1.807, 2.05) is 0 Å².